The van der Waals surface area contributed by atoms with Gasteiger partial charge in [-0.1, -0.05) is 18.2 Å². The van der Waals surface area contributed by atoms with Crippen molar-refractivity contribution < 1.29 is 18.1 Å². The summed E-state index contributed by atoms with van der Waals surface area (Å²) in [7, 11) is 0. The Morgan fingerprint density at radius 1 is 1.10 bits per heavy atom. The molecule has 4 rings (SSSR count). The second kappa shape index (κ2) is 7.10. The Balaban J connectivity index is 1.70. The Bertz CT molecular complexity index is 1310. The van der Waals surface area contributed by atoms with Gasteiger partial charge in [0.15, 0.2) is 5.65 Å². The third-order valence-corrected chi connectivity index (χ3v) is 4.47. The number of hydrogen-bond donors (Lipinski definition) is 0. The van der Waals surface area contributed by atoms with Gasteiger partial charge in [-0.05, 0) is 23.8 Å². The lowest BCUT2D eigenvalue weighted by molar-refractivity contribution is -0.384. The molecule has 0 saturated heterocycles. The topological polar surface area (TPSA) is 95.8 Å². The summed E-state index contributed by atoms with van der Waals surface area (Å²) < 4.78 is 41.4. The second-order valence-electron chi connectivity index (χ2n) is 6.44. The van der Waals surface area contributed by atoms with E-state index >= 15 is 0 Å². The summed E-state index contributed by atoms with van der Waals surface area (Å²) in [6.07, 6.45) is -2.00. The maximum Gasteiger partial charge on any atom is 0.416 e. The van der Waals surface area contributed by atoms with Gasteiger partial charge < -0.3 is 0 Å². The average Bonchev–Trinajstić information content (AvgIpc) is 3.15. The van der Waals surface area contributed by atoms with E-state index in [1.54, 1.807) is 0 Å². The van der Waals surface area contributed by atoms with Gasteiger partial charge in [0.25, 0.3) is 11.2 Å². The van der Waals surface area contributed by atoms with Gasteiger partial charge >= 0.3 is 6.18 Å². The zero-order valence-corrected chi connectivity index (χ0v) is 15.1. The number of fused-ring (bicyclic) bond motifs is 1. The van der Waals surface area contributed by atoms with Crippen LogP contribution in [0, 0.1) is 10.1 Å². The third kappa shape index (κ3) is 3.52. The molecule has 0 fully saturated rings. The van der Waals surface area contributed by atoms with Crippen LogP contribution in [-0.4, -0.2) is 24.3 Å². The number of rotatable bonds is 4. The van der Waals surface area contributed by atoms with Crippen LogP contribution in [0.25, 0.3) is 16.7 Å². The van der Waals surface area contributed by atoms with Gasteiger partial charge in [0, 0.05) is 12.1 Å². The van der Waals surface area contributed by atoms with E-state index in [4.69, 9.17) is 0 Å². The maximum atomic E-state index is 13.0. The molecular weight excluding hydrogens is 403 g/mol. The van der Waals surface area contributed by atoms with E-state index in [1.807, 2.05) is 0 Å². The van der Waals surface area contributed by atoms with Crippen LogP contribution in [0.1, 0.15) is 11.1 Å². The largest absolute Gasteiger partial charge is 0.416 e. The average molecular weight is 415 g/mol. The monoisotopic (exact) mass is 415 g/mol. The quantitative estimate of drug-likeness (QED) is 0.375. The zero-order valence-electron chi connectivity index (χ0n) is 15.1. The van der Waals surface area contributed by atoms with Crippen molar-refractivity contribution in [3.05, 3.63) is 92.7 Å². The number of benzene rings is 2. The van der Waals surface area contributed by atoms with Crippen molar-refractivity contribution in [3.63, 3.8) is 0 Å². The Hall–Kier alpha value is -4.02. The van der Waals surface area contributed by atoms with Crippen molar-refractivity contribution in [2.24, 2.45) is 0 Å². The number of alkyl halides is 3. The molecule has 2 heterocycles. The van der Waals surface area contributed by atoms with Gasteiger partial charge in [-0.15, -0.1) is 0 Å². The summed E-state index contributed by atoms with van der Waals surface area (Å²) in [4.78, 5) is 27.2. The molecule has 0 spiro atoms. The van der Waals surface area contributed by atoms with E-state index in [9.17, 15) is 28.1 Å². The minimum Gasteiger partial charge on any atom is -0.294 e. The molecule has 0 aliphatic heterocycles. The van der Waals surface area contributed by atoms with Crippen LogP contribution < -0.4 is 5.56 Å². The summed E-state index contributed by atoms with van der Waals surface area (Å²) >= 11 is 0. The molecule has 0 atom stereocenters. The van der Waals surface area contributed by atoms with Crippen LogP contribution >= 0.6 is 0 Å². The van der Waals surface area contributed by atoms with Crippen molar-refractivity contribution in [2.75, 3.05) is 0 Å². The maximum absolute atomic E-state index is 13.0. The van der Waals surface area contributed by atoms with Crippen LogP contribution in [0.15, 0.2) is 65.8 Å². The summed E-state index contributed by atoms with van der Waals surface area (Å²) in [6.45, 7) is 0.120. The molecule has 2 aromatic heterocycles. The lowest BCUT2D eigenvalue weighted by Crippen LogP contribution is -2.21. The first-order valence-corrected chi connectivity index (χ1v) is 8.58. The van der Waals surface area contributed by atoms with Crippen LogP contribution in [0.4, 0.5) is 18.9 Å². The highest BCUT2D eigenvalue weighted by Crippen LogP contribution is 2.30. The van der Waals surface area contributed by atoms with E-state index in [-0.39, 0.29) is 29.0 Å². The predicted octanol–water partition coefficient (Wildman–Crippen LogP) is 3.56. The third-order valence-electron chi connectivity index (χ3n) is 4.47. The van der Waals surface area contributed by atoms with Crippen LogP contribution in [0.2, 0.25) is 0 Å². The fourth-order valence-corrected chi connectivity index (χ4v) is 2.98. The number of nitro benzene ring substituents is 1. The minimum atomic E-state index is -4.51. The van der Waals surface area contributed by atoms with E-state index in [0.717, 1.165) is 12.1 Å². The number of aromatic nitrogens is 4. The fraction of sp³-hybridized carbons (Fsp3) is 0.105. The first-order valence-electron chi connectivity index (χ1n) is 8.58. The van der Waals surface area contributed by atoms with Gasteiger partial charge in [0.05, 0.1) is 28.9 Å². The molecule has 0 saturated carbocycles. The molecule has 0 aliphatic carbocycles. The summed E-state index contributed by atoms with van der Waals surface area (Å²) in [5.41, 5.74) is -0.443. The lowest BCUT2D eigenvalue weighted by atomic mass is 10.2. The van der Waals surface area contributed by atoms with E-state index in [0.29, 0.717) is 5.56 Å². The summed E-state index contributed by atoms with van der Waals surface area (Å²) in [5.74, 6) is 0. The molecule has 0 aliphatic rings. The van der Waals surface area contributed by atoms with Crippen molar-refractivity contribution in [3.8, 4) is 5.69 Å². The number of nitrogens with zero attached hydrogens (tertiary/aromatic N) is 5. The Kier molecular flexibility index (Phi) is 4.57. The predicted molar refractivity (Wildman–Crippen MR) is 100 cm³/mol. The Morgan fingerprint density at radius 2 is 1.83 bits per heavy atom. The number of hydrogen-bond acceptors (Lipinski definition) is 5. The van der Waals surface area contributed by atoms with Gasteiger partial charge in [-0.2, -0.15) is 18.3 Å². The molecule has 0 N–H and O–H groups in total. The number of nitro groups is 1. The molecule has 152 valence electrons. The highest BCUT2D eigenvalue weighted by Gasteiger charge is 2.30. The summed E-state index contributed by atoms with van der Waals surface area (Å²) in [5, 5.41) is 14.9. The first-order chi connectivity index (χ1) is 14.2. The lowest BCUT2D eigenvalue weighted by Gasteiger charge is -2.09. The molecule has 0 bridgehead atoms. The van der Waals surface area contributed by atoms with Gasteiger partial charge in [-0.3, -0.25) is 19.5 Å². The smallest absolute Gasteiger partial charge is 0.294 e. The SMILES string of the molecule is O=c1c2cnn(-c3cccc(C(F)(F)F)c3)c2ncn1Cc1ccc([N+](=O)[O-])cc1. The van der Waals surface area contributed by atoms with Crippen molar-refractivity contribution in [1.29, 1.82) is 0 Å². The van der Waals surface area contributed by atoms with Crippen molar-refractivity contribution in [1.82, 2.24) is 19.3 Å². The molecule has 11 heteroatoms. The molecule has 0 amide bonds. The van der Waals surface area contributed by atoms with E-state index in [2.05, 4.69) is 10.1 Å². The second-order valence-corrected chi connectivity index (χ2v) is 6.44. The van der Waals surface area contributed by atoms with Gasteiger partial charge in [0.2, 0.25) is 0 Å². The first kappa shape index (κ1) is 19.3. The minimum absolute atomic E-state index is 0.0676. The summed E-state index contributed by atoms with van der Waals surface area (Å²) in [6, 6.07) is 10.3. The molecular formula is C19H12F3N5O3. The fourth-order valence-electron chi connectivity index (χ4n) is 2.98. The standard InChI is InChI=1S/C19H12F3N5O3/c20-19(21,22)13-2-1-3-15(8-13)26-17-16(9-24-26)18(28)25(11-23-17)10-12-4-6-14(7-5-12)27(29)30/h1-9,11H,10H2. The van der Waals surface area contributed by atoms with Gasteiger partial charge in [-0.25, -0.2) is 9.67 Å². The van der Waals surface area contributed by atoms with Crippen molar-refractivity contribution in [2.45, 2.75) is 12.7 Å². The van der Waals surface area contributed by atoms with Crippen LogP contribution in [0.5, 0.6) is 0 Å². The molecule has 0 radical (unpaired) electrons. The van der Waals surface area contributed by atoms with E-state index < -0.39 is 22.2 Å². The molecule has 2 aromatic carbocycles. The normalized spacial score (nSPS) is 11.7. The van der Waals surface area contributed by atoms with Crippen molar-refractivity contribution >= 4 is 16.7 Å². The number of non-ortho nitro benzene ring substituents is 1. The Labute approximate surface area is 166 Å². The highest BCUT2D eigenvalue weighted by molar-refractivity contribution is 5.75. The highest BCUT2D eigenvalue weighted by atomic mass is 19.4. The van der Waals surface area contributed by atoms with Gasteiger partial charge in [0.1, 0.15) is 11.7 Å². The molecule has 0 unspecified atom stereocenters. The molecule has 30 heavy (non-hydrogen) atoms. The molecule has 8 nitrogen and oxygen atoms in total. The van der Waals surface area contributed by atoms with Crippen LogP contribution in [-0.2, 0) is 12.7 Å². The van der Waals surface area contributed by atoms with E-state index in [1.165, 1.54) is 58.2 Å². The zero-order chi connectivity index (χ0) is 21.5. The number of halogens is 3. The molecule has 4 aromatic rings. The Morgan fingerprint density at radius 3 is 2.50 bits per heavy atom. The van der Waals surface area contributed by atoms with Crippen LogP contribution in [0.3, 0.4) is 0 Å².